The molecule has 2 atom stereocenters. The molecule has 0 fully saturated rings. The largest absolute Gasteiger partial charge is 0.345 e. The fourth-order valence-corrected chi connectivity index (χ4v) is 4.00. The van der Waals surface area contributed by atoms with E-state index >= 15 is 0 Å². The first-order chi connectivity index (χ1) is 15.0. The average molecular weight is 439 g/mol. The van der Waals surface area contributed by atoms with E-state index < -0.39 is 0 Å². The van der Waals surface area contributed by atoms with Gasteiger partial charge in [-0.3, -0.25) is 19.4 Å². The topological polar surface area (TPSA) is 57.0 Å². The van der Waals surface area contributed by atoms with Crippen LogP contribution in [0, 0.1) is 0 Å². The molecule has 0 N–H and O–H groups in total. The Kier molecular flexibility index (Phi) is 6.76. The third-order valence-corrected chi connectivity index (χ3v) is 5.55. The Morgan fingerprint density at radius 1 is 0.688 bits per heavy atom. The molecule has 2 unspecified atom stereocenters. The molecule has 32 heavy (non-hydrogen) atoms. The number of likely N-dealkylation sites (N-methyl/N-ethyl adjacent to an activating group) is 2. The number of amides is 2. The first-order valence-electron chi connectivity index (χ1n) is 10.6. The van der Waals surface area contributed by atoms with Crippen LogP contribution >= 0.6 is 0 Å². The van der Waals surface area contributed by atoms with Crippen LogP contribution in [0.3, 0.4) is 0 Å². The van der Waals surface area contributed by atoms with Gasteiger partial charge in [0.15, 0.2) is 0 Å². The van der Waals surface area contributed by atoms with Gasteiger partial charge in [0.2, 0.25) is 11.8 Å². The summed E-state index contributed by atoms with van der Waals surface area (Å²) in [7, 11) is 15.2. The van der Waals surface area contributed by atoms with E-state index in [0.29, 0.717) is 0 Å². The van der Waals surface area contributed by atoms with Crippen molar-refractivity contribution in [3.63, 3.8) is 0 Å². The molecule has 3 heterocycles. The van der Waals surface area contributed by atoms with Crippen LogP contribution in [0.2, 0.25) is 0 Å². The van der Waals surface area contributed by atoms with Gasteiger partial charge in [-0.25, -0.2) is 0 Å². The maximum atomic E-state index is 12.0. The van der Waals surface area contributed by atoms with Crippen LogP contribution in [0.25, 0.3) is 12.2 Å². The summed E-state index contributed by atoms with van der Waals surface area (Å²) in [6.45, 7) is 0. The van der Waals surface area contributed by atoms with E-state index in [9.17, 15) is 9.59 Å². The lowest BCUT2D eigenvalue weighted by Gasteiger charge is -2.39. The summed E-state index contributed by atoms with van der Waals surface area (Å²) < 4.78 is 4.52. The standard InChI is InChI=1S/C24H34N6O2/c1-25(2)21(31)11-9-17-13-19-23(27(5)6)30-16-18(10-12-22(32)26(3)4)14-20(30)24(28(7)8)29(19)15-17/h9-16,23-24H,1-8H3. The summed E-state index contributed by atoms with van der Waals surface area (Å²) in [5, 5.41) is 0. The highest BCUT2D eigenvalue weighted by molar-refractivity contribution is 5.92. The van der Waals surface area contributed by atoms with Gasteiger partial charge in [0.05, 0.1) is 11.4 Å². The van der Waals surface area contributed by atoms with Gasteiger partial charge in [0.1, 0.15) is 12.3 Å². The second kappa shape index (κ2) is 9.18. The molecule has 1 aliphatic rings. The van der Waals surface area contributed by atoms with Gasteiger partial charge in [0, 0.05) is 52.7 Å². The number of carbonyl (C=O) groups excluding carboxylic acids is 2. The molecule has 2 aromatic rings. The molecule has 0 saturated heterocycles. The van der Waals surface area contributed by atoms with Crippen LogP contribution in [0.5, 0.6) is 0 Å². The summed E-state index contributed by atoms with van der Waals surface area (Å²) in [6.07, 6.45) is 11.1. The summed E-state index contributed by atoms with van der Waals surface area (Å²) in [4.78, 5) is 31.5. The minimum atomic E-state index is -0.0440. The number of carbonyl (C=O) groups is 2. The molecule has 0 spiro atoms. The summed E-state index contributed by atoms with van der Waals surface area (Å²) >= 11 is 0. The molecule has 0 saturated carbocycles. The zero-order chi connectivity index (χ0) is 23.7. The van der Waals surface area contributed by atoms with Gasteiger partial charge in [-0.2, -0.15) is 0 Å². The van der Waals surface area contributed by atoms with Crippen molar-refractivity contribution in [2.45, 2.75) is 12.3 Å². The predicted octanol–water partition coefficient (Wildman–Crippen LogP) is 2.02. The highest BCUT2D eigenvalue weighted by Gasteiger charge is 2.34. The van der Waals surface area contributed by atoms with Crippen LogP contribution in [0.15, 0.2) is 36.7 Å². The lowest BCUT2D eigenvalue weighted by molar-refractivity contribution is -0.124. The van der Waals surface area contributed by atoms with Crippen LogP contribution in [0.1, 0.15) is 34.8 Å². The average Bonchev–Trinajstić information content (AvgIpc) is 3.30. The van der Waals surface area contributed by atoms with Crippen molar-refractivity contribution in [3.8, 4) is 0 Å². The molecule has 2 aromatic heterocycles. The van der Waals surface area contributed by atoms with Crippen LogP contribution in [-0.4, -0.2) is 96.9 Å². The third-order valence-electron chi connectivity index (χ3n) is 5.55. The first kappa shape index (κ1) is 23.6. The van der Waals surface area contributed by atoms with E-state index in [1.54, 1.807) is 50.1 Å². The lowest BCUT2D eigenvalue weighted by Crippen LogP contribution is -2.40. The Bertz CT molecular complexity index is 927. The van der Waals surface area contributed by atoms with Crippen molar-refractivity contribution in [3.05, 3.63) is 59.2 Å². The van der Waals surface area contributed by atoms with Gasteiger partial charge in [-0.1, -0.05) is 0 Å². The normalized spacial score (nSPS) is 17.9. The molecule has 1 aliphatic heterocycles. The van der Waals surface area contributed by atoms with E-state index in [1.807, 2.05) is 12.2 Å². The molecule has 172 valence electrons. The van der Waals surface area contributed by atoms with Crippen LogP contribution in [0.4, 0.5) is 0 Å². The summed E-state index contributed by atoms with van der Waals surface area (Å²) in [5.41, 5.74) is 4.23. The zero-order valence-electron chi connectivity index (χ0n) is 20.3. The van der Waals surface area contributed by atoms with E-state index in [1.165, 1.54) is 0 Å². The van der Waals surface area contributed by atoms with Crippen molar-refractivity contribution in [2.75, 3.05) is 56.4 Å². The minimum Gasteiger partial charge on any atom is -0.345 e. The van der Waals surface area contributed by atoms with Crippen LogP contribution < -0.4 is 0 Å². The molecule has 8 heteroatoms. The Labute approximate surface area is 190 Å². The Balaban J connectivity index is 2.07. The molecule has 0 aliphatic carbocycles. The number of aromatic nitrogens is 2. The zero-order valence-corrected chi connectivity index (χ0v) is 20.3. The molecule has 3 rings (SSSR count). The van der Waals surface area contributed by atoms with Gasteiger partial charge < -0.3 is 18.9 Å². The molecular weight excluding hydrogens is 404 g/mol. The van der Waals surface area contributed by atoms with Gasteiger partial charge in [-0.05, 0) is 63.6 Å². The number of hydrogen-bond acceptors (Lipinski definition) is 4. The second-order valence-electron chi connectivity index (χ2n) is 9.02. The van der Waals surface area contributed by atoms with Crippen molar-refractivity contribution >= 4 is 24.0 Å². The molecular formula is C24H34N6O2. The monoisotopic (exact) mass is 438 g/mol. The highest BCUT2D eigenvalue weighted by atomic mass is 16.2. The molecule has 0 bridgehead atoms. The molecule has 0 aromatic carbocycles. The van der Waals surface area contributed by atoms with Crippen molar-refractivity contribution in [1.29, 1.82) is 0 Å². The maximum Gasteiger partial charge on any atom is 0.246 e. The van der Waals surface area contributed by atoms with Crippen molar-refractivity contribution in [1.82, 2.24) is 28.7 Å². The molecule has 8 nitrogen and oxygen atoms in total. The number of rotatable bonds is 6. The highest BCUT2D eigenvalue weighted by Crippen LogP contribution is 2.38. The minimum absolute atomic E-state index is 0.0143. The van der Waals surface area contributed by atoms with E-state index in [4.69, 9.17) is 0 Å². The van der Waals surface area contributed by atoms with Crippen molar-refractivity contribution < 1.29 is 9.59 Å². The van der Waals surface area contributed by atoms with Gasteiger partial charge in [0.25, 0.3) is 0 Å². The number of hydrogen-bond donors (Lipinski definition) is 0. The number of nitrogens with zero attached hydrogens (tertiary/aromatic N) is 6. The quantitative estimate of drug-likeness (QED) is 0.648. The van der Waals surface area contributed by atoms with E-state index in [2.05, 4.69) is 71.7 Å². The fourth-order valence-electron chi connectivity index (χ4n) is 4.00. The van der Waals surface area contributed by atoms with E-state index in [-0.39, 0.29) is 24.1 Å². The number of fused-ring (bicyclic) bond motifs is 2. The summed E-state index contributed by atoms with van der Waals surface area (Å²) in [5.74, 6) is -0.0881. The van der Waals surface area contributed by atoms with Gasteiger partial charge in [-0.15, -0.1) is 0 Å². The second-order valence-corrected chi connectivity index (χ2v) is 9.02. The smallest absolute Gasteiger partial charge is 0.246 e. The van der Waals surface area contributed by atoms with Crippen molar-refractivity contribution in [2.24, 2.45) is 0 Å². The SMILES string of the molecule is CN(C)C(=O)C=Cc1cc2n(c1)C(N(C)C)c1cc(C=CC(=O)N(C)C)cn1C2N(C)C. The Morgan fingerprint density at radius 2 is 1.03 bits per heavy atom. The van der Waals surface area contributed by atoms with E-state index in [0.717, 1.165) is 22.5 Å². The lowest BCUT2D eigenvalue weighted by atomic mass is 10.1. The Morgan fingerprint density at radius 3 is 1.31 bits per heavy atom. The van der Waals surface area contributed by atoms with Gasteiger partial charge >= 0.3 is 0 Å². The summed E-state index contributed by atoms with van der Waals surface area (Å²) in [6, 6.07) is 4.27. The molecule has 0 radical (unpaired) electrons. The maximum absolute atomic E-state index is 12.0. The fraction of sp³-hybridized carbons (Fsp3) is 0.417. The predicted molar refractivity (Wildman–Crippen MR) is 128 cm³/mol. The first-order valence-corrected chi connectivity index (χ1v) is 10.6. The third kappa shape index (κ3) is 4.56. The van der Waals surface area contributed by atoms with Crippen LogP contribution in [-0.2, 0) is 9.59 Å². The molecule has 2 amide bonds. The Hall–Kier alpha value is -3.10.